The van der Waals surface area contributed by atoms with E-state index in [4.69, 9.17) is 0 Å². The third kappa shape index (κ3) is 5.06. The zero-order chi connectivity index (χ0) is 25.5. The first kappa shape index (κ1) is 24.9. The number of sulfonamides is 1. The first-order valence-electron chi connectivity index (χ1n) is 11.3. The minimum Gasteiger partial charge on any atom is -0.406 e. The van der Waals surface area contributed by atoms with Crippen LogP contribution < -0.4 is 14.4 Å². The molecule has 3 aromatic rings. The summed E-state index contributed by atoms with van der Waals surface area (Å²) in [7, 11) is -4.10. The van der Waals surface area contributed by atoms with Gasteiger partial charge in [-0.15, -0.1) is 13.2 Å². The fourth-order valence-corrected chi connectivity index (χ4v) is 7.10. The Morgan fingerprint density at radius 3 is 2.08 bits per heavy atom. The average molecular weight is 537 g/mol. The molecule has 0 saturated heterocycles. The highest BCUT2D eigenvalue weighted by Gasteiger charge is 2.40. The molecule has 1 saturated carbocycles. The number of hydrogen-bond acceptors (Lipinski definition) is 6. The molecule has 6 nitrogen and oxygen atoms in total. The van der Waals surface area contributed by atoms with Crippen molar-refractivity contribution < 1.29 is 31.4 Å². The number of ether oxygens (including phenoxy) is 1. The van der Waals surface area contributed by atoms with Gasteiger partial charge in [0.15, 0.2) is 0 Å². The van der Waals surface area contributed by atoms with Crippen molar-refractivity contribution in [1.29, 1.82) is 0 Å². The summed E-state index contributed by atoms with van der Waals surface area (Å²) in [4.78, 5) is 3.98. The monoisotopic (exact) mass is 536 g/mol. The molecule has 0 amide bonds. The van der Waals surface area contributed by atoms with Crippen LogP contribution in [0, 0.1) is 0 Å². The number of alkyl halides is 3. The summed E-state index contributed by atoms with van der Waals surface area (Å²) >= 11 is 1.65. The maximum absolute atomic E-state index is 13.0. The first-order chi connectivity index (χ1) is 17.1. The van der Waals surface area contributed by atoms with Crippen LogP contribution in [0.4, 0.5) is 24.5 Å². The van der Waals surface area contributed by atoms with Gasteiger partial charge in [0, 0.05) is 9.79 Å². The predicted molar refractivity (Wildman–Crippen MR) is 130 cm³/mol. The average Bonchev–Trinajstić information content (AvgIpc) is 2.83. The van der Waals surface area contributed by atoms with Crippen LogP contribution in [0.15, 0.2) is 87.5 Å². The third-order valence-corrected chi connectivity index (χ3v) is 8.93. The summed E-state index contributed by atoms with van der Waals surface area (Å²) in [5.41, 5.74) is 1.91. The molecular weight excluding hydrogens is 513 g/mol. The van der Waals surface area contributed by atoms with Crippen molar-refractivity contribution in [2.75, 3.05) is 4.90 Å². The van der Waals surface area contributed by atoms with Crippen LogP contribution in [0.3, 0.4) is 0 Å². The van der Waals surface area contributed by atoms with Gasteiger partial charge in [0.2, 0.25) is 10.0 Å². The van der Waals surface area contributed by atoms with Gasteiger partial charge in [-0.2, -0.15) is 0 Å². The Kier molecular flexibility index (Phi) is 6.67. The van der Waals surface area contributed by atoms with Crippen LogP contribution in [-0.4, -0.2) is 38.1 Å². The van der Waals surface area contributed by atoms with Gasteiger partial charge in [0.1, 0.15) is 5.75 Å². The largest absolute Gasteiger partial charge is 0.573 e. The maximum atomic E-state index is 13.0. The van der Waals surface area contributed by atoms with Gasteiger partial charge in [-0.05, 0) is 67.8 Å². The predicted octanol–water partition coefficient (Wildman–Crippen LogP) is 5.45. The summed E-state index contributed by atoms with van der Waals surface area (Å²) in [6.07, 6.45) is -4.12. The Balaban J connectivity index is 1.39. The van der Waals surface area contributed by atoms with E-state index in [1.165, 1.54) is 0 Å². The van der Waals surface area contributed by atoms with Crippen LogP contribution in [0.25, 0.3) is 0 Å². The fraction of sp³-hybridized carbons (Fsp3) is 0.280. The zero-order valence-corrected chi connectivity index (χ0v) is 20.5. The number of para-hydroxylation sites is 2. The number of halogens is 3. The van der Waals surface area contributed by atoms with E-state index in [1.54, 1.807) is 11.8 Å². The quantitative estimate of drug-likeness (QED) is 0.452. The van der Waals surface area contributed by atoms with Crippen molar-refractivity contribution >= 4 is 33.2 Å². The summed E-state index contributed by atoms with van der Waals surface area (Å²) in [6, 6.07) is 18.6. The lowest BCUT2D eigenvalue weighted by molar-refractivity contribution is -0.274. The highest BCUT2D eigenvalue weighted by molar-refractivity contribution is 7.99. The minimum absolute atomic E-state index is 0.212. The smallest absolute Gasteiger partial charge is 0.406 e. The normalized spacial score (nSPS) is 22.0. The van der Waals surface area contributed by atoms with Crippen molar-refractivity contribution in [1.82, 2.24) is 4.72 Å². The third-order valence-electron chi connectivity index (χ3n) is 6.30. The molecule has 2 aliphatic rings. The van der Waals surface area contributed by atoms with Gasteiger partial charge in [0.05, 0.1) is 34.5 Å². The number of nitrogens with one attached hydrogen (secondary N) is 1. The molecule has 11 heteroatoms. The molecule has 0 radical (unpaired) electrons. The zero-order valence-electron chi connectivity index (χ0n) is 18.9. The molecule has 1 aliphatic heterocycles. The summed E-state index contributed by atoms with van der Waals surface area (Å²) in [5, 5.41) is 11.4. The van der Waals surface area contributed by atoms with E-state index < -0.39 is 34.3 Å². The second-order valence-electron chi connectivity index (χ2n) is 8.64. The van der Waals surface area contributed by atoms with E-state index in [9.17, 15) is 26.7 Å². The van der Waals surface area contributed by atoms with Crippen molar-refractivity contribution in [3.8, 4) is 5.75 Å². The molecule has 3 atom stereocenters. The summed E-state index contributed by atoms with van der Waals surface area (Å²) in [6.45, 7) is 0. The van der Waals surface area contributed by atoms with E-state index in [0.29, 0.717) is 19.3 Å². The van der Waals surface area contributed by atoms with E-state index in [-0.39, 0.29) is 10.9 Å². The van der Waals surface area contributed by atoms with Crippen molar-refractivity contribution in [3.05, 3.63) is 72.8 Å². The number of aliphatic hydroxyl groups is 1. The molecule has 1 heterocycles. The van der Waals surface area contributed by atoms with Gasteiger partial charge in [-0.1, -0.05) is 36.0 Å². The van der Waals surface area contributed by atoms with Gasteiger partial charge in [-0.3, -0.25) is 0 Å². The lowest BCUT2D eigenvalue weighted by atomic mass is 9.87. The lowest BCUT2D eigenvalue weighted by Crippen LogP contribution is -2.56. The lowest BCUT2D eigenvalue weighted by Gasteiger charge is -2.45. The van der Waals surface area contributed by atoms with E-state index in [1.807, 2.05) is 48.5 Å². The molecule has 0 aromatic heterocycles. The number of nitrogens with zero attached hydrogens (tertiary/aromatic N) is 1. The van der Waals surface area contributed by atoms with Crippen LogP contribution in [0.5, 0.6) is 5.75 Å². The molecule has 1 fully saturated rings. The van der Waals surface area contributed by atoms with E-state index in [0.717, 1.165) is 45.4 Å². The number of aliphatic hydroxyl groups excluding tert-OH is 1. The molecular formula is C25H23F3N2O4S2. The number of anilines is 2. The molecule has 2 unspecified atom stereocenters. The number of benzene rings is 3. The van der Waals surface area contributed by atoms with Crippen LogP contribution in [-0.2, 0) is 10.0 Å². The SMILES string of the molecule is O=S(=O)(N[C@@H]1CCCC(N2c3ccccc3Sc3ccccc32)C1O)c1ccc(OC(F)(F)F)cc1. The fourth-order valence-electron chi connectivity index (χ4n) is 4.75. The Hall–Kier alpha value is -2.73. The number of rotatable bonds is 5. The van der Waals surface area contributed by atoms with Crippen LogP contribution >= 0.6 is 11.8 Å². The molecule has 0 spiro atoms. The maximum Gasteiger partial charge on any atom is 0.573 e. The van der Waals surface area contributed by atoms with Gasteiger partial charge in [0.25, 0.3) is 0 Å². The Morgan fingerprint density at radius 1 is 0.917 bits per heavy atom. The molecule has 5 rings (SSSR count). The second kappa shape index (κ2) is 9.62. The van der Waals surface area contributed by atoms with Crippen LogP contribution in [0.2, 0.25) is 0 Å². The topological polar surface area (TPSA) is 78.9 Å². The van der Waals surface area contributed by atoms with E-state index in [2.05, 4.69) is 14.4 Å². The summed E-state index contributed by atoms with van der Waals surface area (Å²) < 4.78 is 69.7. The van der Waals surface area contributed by atoms with E-state index >= 15 is 0 Å². The Bertz CT molecular complexity index is 1300. The highest BCUT2D eigenvalue weighted by atomic mass is 32.2. The molecule has 3 aromatic carbocycles. The standard InChI is InChI=1S/C25H23F3N2O4S2/c26-25(27,28)34-16-12-14-17(15-13-16)36(32,33)29-18-6-5-9-21(24(18)31)30-19-7-1-3-10-22(19)35-23-11-4-2-8-20(23)30/h1-4,7-8,10-15,18,21,24,29,31H,5-6,9H2/t18-,21?,24?/m1/s1. The number of hydrogen-bond donors (Lipinski definition) is 2. The van der Waals surface area contributed by atoms with Crippen molar-refractivity contribution in [2.24, 2.45) is 0 Å². The van der Waals surface area contributed by atoms with Crippen molar-refractivity contribution in [3.63, 3.8) is 0 Å². The number of fused-ring (bicyclic) bond motifs is 2. The molecule has 0 bridgehead atoms. The van der Waals surface area contributed by atoms with Crippen molar-refractivity contribution in [2.45, 2.75) is 58.5 Å². The van der Waals surface area contributed by atoms with Crippen LogP contribution in [0.1, 0.15) is 19.3 Å². The minimum atomic E-state index is -4.87. The summed E-state index contributed by atoms with van der Waals surface area (Å²) in [5.74, 6) is -0.514. The van der Waals surface area contributed by atoms with Gasteiger partial charge in [-0.25, -0.2) is 13.1 Å². The second-order valence-corrected chi connectivity index (χ2v) is 11.4. The molecule has 2 N–H and O–H groups in total. The van der Waals surface area contributed by atoms with Gasteiger partial charge >= 0.3 is 6.36 Å². The molecule has 1 aliphatic carbocycles. The molecule has 190 valence electrons. The first-order valence-corrected chi connectivity index (χ1v) is 13.6. The Labute approximate surface area is 211 Å². The Morgan fingerprint density at radius 2 is 1.50 bits per heavy atom. The highest BCUT2D eigenvalue weighted by Crippen LogP contribution is 2.50. The van der Waals surface area contributed by atoms with Gasteiger partial charge < -0.3 is 14.7 Å². The molecule has 36 heavy (non-hydrogen) atoms.